The molecular weight excluding hydrogens is 754 g/mol. The Labute approximate surface area is 305 Å². The van der Waals surface area contributed by atoms with Crippen molar-refractivity contribution in [2.75, 3.05) is 6.54 Å². The number of carbonyl (C=O) groups is 2. The maximum Gasteiger partial charge on any atom is 0.261 e. The first-order valence-electron chi connectivity index (χ1n) is 17.6. The minimum atomic E-state index is -0.175. The van der Waals surface area contributed by atoms with Crippen molar-refractivity contribution in [2.24, 2.45) is 5.92 Å². The summed E-state index contributed by atoms with van der Waals surface area (Å²) in [6.07, 6.45) is 19.9. The molecule has 47 heavy (non-hydrogen) atoms. The quantitative estimate of drug-likeness (QED) is 0.0660. The molecule has 9 heteroatoms. The van der Waals surface area contributed by atoms with E-state index in [1.807, 2.05) is 36.4 Å². The van der Waals surface area contributed by atoms with Crippen molar-refractivity contribution >= 4 is 77.1 Å². The van der Waals surface area contributed by atoms with Crippen molar-refractivity contribution in [3.05, 3.63) is 55.1 Å². The summed E-state index contributed by atoms with van der Waals surface area (Å²) in [7, 11) is 0. The number of rotatable bonds is 20. The SMILES string of the molecule is CCCCCCCCCCC(CCCCCCCC)CN1C(=O)c2cc3c(-c4ccc(Br)s4)nnc(-c4ccc(Br)s4)c3cc2C1=O. The molecular formula is C38H47Br2N3O2S2. The van der Waals surface area contributed by atoms with Gasteiger partial charge in [0.05, 0.1) is 28.5 Å². The summed E-state index contributed by atoms with van der Waals surface area (Å²) in [6, 6.07) is 11.8. The number of unbranched alkanes of at least 4 members (excludes halogenated alkanes) is 12. The zero-order valence-electron chi connectivity index (χ0n) is 27.8. The molecule has 0 spiro atoms. The van der Waals surface area contributed by atoms with Gasteiger partial charge in [0.25, 0.3) is 11.8 Å². The molecule has 1 unspecified atom stereocenters. The van der Waals surface area contributed by atoms with Gasteiger partial charge in [0.2, 0.25) is 0 Å². The third kappa shape index (κ3) is 9.40. The molecule has 5 nitrogen and oxygen atoms in total. The van der Waals surface area contributed by atoms with Gasteiger partial charge in [-0.3, -0.25) is 14.5 Å². The Morgan fingerprint density at radius 3 is 1.40 bits per heavy atom. The molecule has 4 heterocycles. The van der Waals surface area contributed by atoms with Crippen molar-refractivity contribution in [2.45, 2.75) is 117 Å². The third-order valence-electron chi connectivity index (χ3n) is 9.35. The average Bonchev–Trinajstić information content (AvgIpc) is 3.76. The lowest BCUT2D eigenvalue weighted by Crippen LogP contribution is -2.34. The number of carbonyl (C=O) groups excluding carboxylic acids is 2. The van der Waals surface area contributed by atoms with E-state index in [9.17, 15) is 9.59 Å². The highest BCUT2D eigenvalue weighted by molar-refractivity contribution is 9.11. The molecule has 1 aliphatic heterocycles. The number of halogens is 2. The van der Waals surface area contributed by atoms with Crippen LogP contribution in [0.4, 0.5) is 0 Å². The second-order valence-corrected chi connectivity index (χ2v) is 17.9. The second-order valence-electron chi connectivity index (χ2n) is 13.0. The van der Waals surface area contributed by atoms with Gasteiger partial charge in [-0.15, -0.1) is 32.9 Å². The van der Waals surface area contributed by atoms with E-state index in [0.29, 0.717) is 23.6 Å². The lowest BCUT2D eigenvalue weighted by atomic mass is 9.93. The molecule has 0 aliphatic carbocycles. The molecule has 0 fully saturated rings. The zero-order chi connectivity index (χ0) is 33.2. The van der Waals surface area contributed by atoms with Crippen molar-refractivity contribution in [3.63, 3.8) is 0 Å². The van der Waals surface area contributed by atoms with Gasteiger partial charge < -0.3 is 0 Å². The molecule has 5 rings (SSSR count). The fourth-order valence-electron chi connectivity index (χ4n) is 6.71. The van der Waals surface area contributed by atoms with Crippen LogP contribution in [0.3, 0.4) is 0 Å². The number of fused-ring (bicyclic) bond motifs is 2. The molecule has 0 bridgehead atoms. The van der Waals surface area contributed by atoms with E-state index in [1.54, 1.807) is 27.6 Å². The van der Waals surface area contributed by atoms with E-state index in [1.165, 1.54) is 77.0 Å². The molecule has 4 aromatic rings. The standard InChI is InChI=1S/C38H47Br2N3O2S2/c1-3-5-7-9-11-12-14-16-18-26(17-15-13-10-8-6-4-2)25-43-37(44)29-23-27-28(24-30(29)38(43)45)36(32-20-22-34(40)47-32)42-41-35(27)31-19-21-33(39)46-31/h19-24,26H,3-18,25H2,1-2H3. The van der Waals surface area contributed by atoms with Crippen LogP contribution in [0.2, 0.25) is 0 Å². The number of hydrogen-bond acceptors (Lipinski definition) is 6. The molecule has 1 atom stereocenters. The highest BCUT2D eigenvalue weighted by atomic mass is 79.9. The Morgan fingerprint density at radius 1 is 0.617 bits per heavy atom. The van der Waals surface area contributed by atoms with Gasteiger partial charge in [0.1, 0.15) is 11.4 Å². The fourth-order valence-corrected chi connectivity index (χ4v) is 9.48. The highest BCUT2D eigenvalue weighted by Gasteiger charge is 2.37. The summed E-state index contributed by atoms with van der Waals surface area (Å²) in [5.74, 6) is -0.0168. The Bertz CT molecular complexity index is 1550. The van der Waals surface area contributed by atoms with Crippen LogP contribution in [-0.4, -0.2) is 33.5 Å². The van der Waals surface area contributed by atoms with Gasteiger partial charge >= 0.3 is 0 Å². The van der Waals surface area contributed by atoms with E-state index >= 15 is 0 Å². The highest BCUT2D eigenvalue weighted by Crippen LogP contribution is 2.41. The van der Waals surface area contributed by atoms with Crippen molar-refractivity contribution in [1.82, 2.24) is 15.1 Å². The number of thiophene rings is 2. The molecule has 2 amide bonds. The van der Waals surface area contributed by atoms with Gasteiger partial charge in [0, 0.05) is 17.3 Å². The number of benzene rings is 1. The minimum Gasteiger partial charge on any atom is -0.274 e. The molecule has 0 saturated heterocycles. The van der Waals surface area contributed by atoms with Crippen molar-refractivity contribution in [3.8, 4) is 21.1 Å². The summed E-state index contributed by atoms with van der Waals surface area (Å²) >= 11 is 10.3. The van der Waals surface area contributed by atoms with E-state index in [2.05, 4.69) is 55.9 Å². The number of amides is 2. The summed E-state index contributed by atoms with van der Waals surface area (Å²) in [5, 5.41) is 11.0. The molecule has 0 radical (unpaired) electrons. The first kappa shape index (κ1) is 36.3. The topological polar surface area (TPSA) is 63.2 Å². The lowest BCUT2D eigenvalue weighted by Gasteiger charge is -2.23. The number of hydrogen-bond donors (Lipinski definition) is 0. The Hall–Kier alpha value is -1.94. The number of imide groups is 1. The molecule has 3 aromatic heterocycles. The third-order valence-corrected chi connectivity index (χ3v) is 12.6. The minimum absolute atomic E-state index is 0.175. The monoisotopic (exact) mass is 799 g/mol. The van der Waals surface area contributed by atoms with E-state index in [0.717, 1.165) is 65.2 Å². The average molecular weight is 802 g/mol. The molecule has 252 valence electrons. The van der Waals surface area contributed by atoms with Crippen molar-refractivity contribution < 1.29 is 9.59 Å². The molecule has 1 aliphatic rings. The van der Waals surface area contributed by atoms with Gasteiger partial charge in [-0.2, -0.15) is 0 Å². The molecule has 1 aromatic carbocycles. The largest absolute Gasteiger partial charge is 0.274 e. The second kappa shape index (κ2) is 18.2. The van der Waals surface area contributed by atoms with Crippen LogP contribution < -0.4 is 0 Å². The molecule has 0 saturated carbocycles. The van der Waals surface area contributed by atoms with Gasteiger partial charge in [-0.25, -0.2) is 0 Å². The zero-order valence-corrected chi connectivity index (χ0v) is 32.6. The van der Waals surface area contributed by atoms with Crippen LogP contribution in [-0.2, 0) is 0 Å². The Balaban J connectivity index is 1.37. The number of nitrogens with zero attached hydrogens (tertiary/aromatic N) is 3. The normalized spacial score (nSPS) is 13.7. The summed E-state index contributed by atoms with van der Waals surface area (Å²) in [5.41, 5.74) is 2.42. The van der Waals surface area contributed by atoms with Crippen LogP contribution in [0.25, 0.3) is 31.9 Å². The van der Waals surface area contributed by atoms with Crippen molar-refractivity contribution in [1.29, 1.82) is 0 Å². The maximum absolute atomic E-state index is 14.0. The predicted octanol–water partition coefficient (Wildman–Crippen LogP) is 13.1. The van der Waals surface area contributed by atoms with Gasteiger partial charge in [0.15, 0.2) is 0 Å². The van der Waals surface area contributed by atoms with E-state index < -0.39 is 0 Å². The maximum atomic E-state index is 14.0. The Morgan fingerprint density at radius 2 is 1.02 bits per heavy atom. The van der Waals surface area contributed by atoms with Crippen LogP contribution in [0.15, 0.2) is 44.0 Å². The van der Waals surface area contributed by atoms with Crippen LogP contribution in [0.5, 0.6) is 0 Å². The first-order chi connectivity index (χ1) is 22.9. The number of aromatic nitrogens is 2. The fraction of sp³-hybridized carbons (Fsp3) is 0.526. The van der Waals surface area contributed by atoms with Crippen LogP contribution >= 0.6 is 54.5 Å². The van der Waals surface area contributed by atoms with Crippen LogP contribution in [0.1, 0.15) is 137 Å². The molecule has 0 N–H and O–H groups in total. The lowest BCUT2D eigenvalue weighted by molar-refractivity contribution is 0.0621. The van der Waals surface area contributed by atoms with Gasteiger partial charge in [-0.05, 0) is 87.0 Å². The summed E-state index contributed by atoms with van der Waals surface area (Å²) in [4.78, 5) is 31.5. The first-order valence-corrected chi connectivity index (χ1v) is 20.8. The Kier molecular flexibility index (Phi) is 14.0. The van der Waals surface area contributed by atoms with E-state index in [4.69, 9.17) is 0 Å². The smallest absolute Gasteiger partial charge is 0.261 e. The van der Waals surface area contributed by atoms with Gasteiger partial charge in [-0.1, -0.05) is 104 Å². The predicted molar refractivity (Wildman–Crippen MR) is 206 cm³/mol. The van der Waals surface area contributed by atoms with E-state index in [-0.39, 0.29) is 11.8 Å². The van der Waals surface area contributed by atoms with Crippen LogP contribution in [0, 0.1) is 5.92 Å². The summed E-state index contributed by atoms with van der Waals surface area (Å²) in [6.45, 7) is 5.01. The summed E-state index contributed by atoms with van der Waals surface area (Å²) < 4.78 is 2.00.